The van der Waals surface area contributed by atoms with Gasteiger partial charge in [-0.25, -0.2) is 0 Å². The number of benzene rings is 1. The van der Waals surface area contributed by atoms with Crippen LogP contribution in [0.15, 0.2) is 47.1 Å². The van der Waals surface area contributed by atoms with E-state index in [1.54, 1.807) is 17.8 Å². The Kier molecular flexibility index (Phi) is 8.73. The standard InChI is InChI=1S/C18H20ClN3O4S/c19-14-5-3-13(4-6-14)12-27-9-7-20-16(23)10-21-17(24)11-22-18(25)15-2-1-8-26-15/h1-6,8H,7,9-12H2,(H,20,23)(H,21,24)(H,22,25). The predicted molar refractivity (Wildman–Crippen MR) is 105 cm³/mol. The molecular formula is C18H20ClN3O4S. The van der Waals surface area contributed by atoms with Crippen LogP contribution >= 0.6 is 23.4 Å². The van der Waals surface area contributed by atoms with Crippen molar-refractivity contribution in [2.45, 2.75) is 5.75 Å². The van der Waals surface area contributed by atoms with Gasteiger partial charge in [0.25, 0.3) is 5.91 Å². The minimum Gasteiger partial charge on any atom is -0.459 e. The number of furan rings is 1. The van der Waals surface area contributed by atoms with E-state index in [4.69, 9.17) is 16.0 Å². The summed E-state index contributed by atoms with van der Waals surface area (Å²) in [6.07, 6.45) is 1.37. The number of rotatable bonds is 10. The average Bonchev–Trinajstić information content (AvgIpc) is 3.20. The molecule has 0 bridgehead atoms. The number of nitrogens with one attached hydrogen (secondary N) is 3. The summed E-state index contributed by atoms with van der Waals surface area (Å²) in [6.45, 7) is 0.128. The number of carbonyl (C=O) groups is 3. The van der Waals surface area contributed by atoms with E-state index in [9.17, 15) is 14.4 Å². The Labute approximate surface area is 166 Å². The van der Waals surface area contributed by atoms with Gasteiger partial charge in [0.2, 0.25) is 11.8 Å². The first kappa shape index (κ1) is 20.9. The fourth-order valence-electron chi connectivity index (χ4n) is 1.99. The van der Waals surface area contributed by atoms with Gasteiger partial charge in [-0.05, 0) is 29.8 Å². The van der Waals surface area contributed by atoms with Crippen molar-refractivity contribution < 1.29 is 18.8 Å². The highest BCUT2D eigenvalue weighted by molar-refractivity contribution is 7.98. The number of hydrogen-bond donors (Lipinski definition) is 3. The molecule has 3 amide bonds. The first-order valence-electron chi connectivity index (χ1n) is 8.22. The van der Waals surface area contributed by atoms with Crippen molar-refractivity contribution in [1.29, 1.82) is 0 Å². The Morgan fingerprint density at radius 3 is 2.37 bits per heavy atom. The molecule has 27 heavy (non-hydrogen) atoms. The smallest absolute Gasteiger partial charge is 0.287 e. The zero-order chi connectivity index (χ0) is 19.5. The summed E-state index contributed by atoms with van der Waals surface area (Å²) in [5.74, 6) is 0.477. The molecule has 0 aliphatic rings. The van der Waals surface area contributed by atoms with Gasteiger partial charge in [-0.1, -0.05) is 23.7 Å². The highest BCUT2D eigenvalue weighted by Crippen LogP contribution is 2.14. The molecule has 3 N–H and O–H groups in total. The number of halogens is 1. The van der Waals surface area contributed by atoms with E-state index in [2.05, 4.69) is 16.0 Å². The molecule has 0 saturated heterocycles. The van der Waals surface area contributed by atoms with Crippen molar-refractivity contribution in [3.63, 3.8) is 0 Å². The summed E-state index contributed by atoms with van der Waals surface area (Å²) in [5.41, 5.74) is 1.17. The topological polar surface area (TPSA) is 100 Å². The van der Waals surface area contributed by atoms with Gasteiger partial charge in [0, 0.05) is 23.1 Å². The SMILES string of the molecule is O=C(CNC(=O)CNC(=O)c1ccco1)NCCSCc1ccc(Cl)cc1. The van der Waals surface area contributed by atoms with E-state index in [0.29, 0.717) is 11.6 Å². The van der Waals surface area contributed by atoms with Gasteiger partial charge in [-0.3, -0.25) is 14.4 Å². The summed E-state index contributed by atoms with van der Waals surface area (Å²) >= 11 is 7.52. The third kappa shape index (κ3) is 8.19. The molecule has 0 saturated carbocycles. The maximum Gasteiger partial charge on any atom is 0.287 e. The Bertz CT molecular complexity index is 750. The van der Waals surface area contributed by atoms with Crippen molar-refractivity contribution in [2.24, 2.45) is 0 Å². The molecule has 9 heteroatoms. The van der Waals surface area contributed by atoms with Gasteiger partial charge in [-0.2, -0.15) is 11.8 Å². The van der Waals surface area contributed by atoms with Crippen molar-refractivity contribution in [3.8, 4) is 0 Å². The first-order valence-corrected chi connectivity index (χ1v) is 9.75. The minimum atomic E-state index is -0.489. The molecule has 0 unspecified atom stereocenters. The molecule has 0 atom stereocenters. The van der Waals surface area contributed by atoms with Crippen LogP contribution in [0, 0.1) is 0 Å². The van der Waals surface area contributed by atoms with E-state index in [1.807, 2.05) is 24.3 Å². The minimum absolute atomic E-state index is 0.122. The molecular weight excluding hydrogens is 390 g/mol. The molecule has 0 aliphatic heterocycles. The predicted octanol–water partition coefficient (Wildman–Crippen LogP) is 1.83. The second-order valence-corrected chi connectivity index (χ2v) is 7.01. The van der Waals surface area contributed by atoms with E-state index in [1.165, 1.54) is 17.9 Å². The van der Waals surface area contributed by atoms with E-state index >= 15 is 0 Å². The zero-order valence-electron chi connectivity index (χ0n) is 14.5. The largest absolute Gasteiger partial charge is 0.459 e. The van der Waals surface area contributed by atoms with Gasteiger partial charge in [0.15, 0.2) is 5.76 Å². The van der Waals surface area contributed by atoms with Crippen LogP contribution in [0.4, 0.5) is 0 Å². The lowest BCUT2D eigenvalue weighted by molar-refractivity contribution is -0.125. The summed E-state index contributed by atoms with van der Waals surface area (Å²) in [7, 11) is 0. The van der Waals surface area contributed by atoms with Crippen LogP contribution < -0.4 is 16.0 Å². The van der Waals surface area contributed by atoms with Crippen LogP contribution in [-0.4, -0.2) is 43.1 Å². The molecule has 2 rings (SSSR count). The van der Waals surface area contributed by atoms with Crippen molar-refractivity contribution in [1.82, 2.24) is 16.0 Å². The number of hydrogen-bond acceptors (Lipinski definition) is 5. The Morgan fingerprint density at radius 1 is 0.963 bits per heavy atom. The first-order chi connectivity index (χ1) is 13.0. The Hall–Kier alpha value is -2.45. The lowest BCUT2D eigenvalue weighted by Crippen LogP contribution is -2.42. The Balaban J connectivity index is 1.50. The number of amides is 3. The summed E-state index contributed by atoms with van der Waals surface area (Å²) < 4.78 is 4.91. The second-order valence-electron chi connectivity index (χ2n) is 5.47. The molecule has 0 aliphatic carbocycles. The molecule has 7 nitrogen and oxygen atoms in total. The average molecular weight is 410 g/mol. The van der Waals surface area contributed by atoms with Gasteiger partial charge >= 0.3 is 0 Å². The van der Waals surface area contributed by atoms with Crippen LogP contribution in [0.2, 0.25) is 5.02 Å². The lowest BCUT2D eigenvalue weighted by atomic mass is 10.2. The van der Waals surface area contributed by atoms with Crippen molar-refractivity contribution in [3.05, 3.63) is 59.0 Å². The zero-order valence-corrected chi connectivity index (χ0v) is 16.1. The highest BCUT2D eigenvalue weighted by Gasteiger charge is 2.10. The summed E-state index contributed by atoms with van der Waals surface area (Å²) in [6, 6.07) is 10.7. The van der Waals surface area contributed by atoms with Crippen LogP contribution in [-0.2, 0) is 15.3 Å². The normalized spacial score (nSPS) is 10.3. The van der Waals surface area contributed by atoms with Gasteiger partial charge in [0.1, 0.15) is 0 Å². The molecule has 144 valence electrons. The van der Waals surface area contributed by atoms with Gasteiger partial charge in [-0.15, -0.1) is 0 Å². The second kappa shape index (κ2) is 11.3. The van der Waals surface area contributed by atoms with Crippen LogP contribution in [0.5, 0.6) is 0 Å². The lowest BCUT2D eigenvalue weighted by Gasteiger charge is -2.07. The van der Waals surface area contributed by atoms with Crippen molar-refractivity contribution >= 4 is 41.1 Å². The highest BCUT2D eigenvalue weighted by atomic mass is 35.5. The molecule has 0 fully saturated rings. The van der Waals surface area contributed by atoms with Crippen molar-refractivity contribution in [2.75, 3.05) is 25.4 Å². The quantitative estimate of drug-likeness (QED) is 0.520. The molecule has 0 radical (unpaired) electrons. The number of thioether (sulfide) groups is 1. The molecule has 0 spiro atoms. The fourth-order valence-corrected chi connectivity index (χ4v) is 2.94. The molecule has 2 aromatic rings. The van der Waals surface area contributed by atoms with Gasteiger partial charge in [0.05, 0.1) is 19.4 Å². The van der Waals surface area contributed by atoms with Gasteiger partial charge < -0.3 is 20.4 Å². The third-order valence-corrected chi connectivity index (χ3v) is 4.63. The summed E-state index contributed by atoms with van der Waals surface area (Å²) in [5, 5.41) is 8.27. The summed E-state index contributed by atoms with van der Waals surface area (Å²) in [4.78, 5) is 34.9. The fraction of sp³-hybridized carbons (Fsp3) is 0.278. The van der Waals surface area contributed by atoms with Crippen LogP contribution in [0.3, 0.4) is 0 Å². The van der Waals surface area contributed by atoms with Crippen LogP contribution in [0.1, 0.15) is 16.1 Å². The monoisotopic (exact) mass is 409 g/mol. The van der Waals surface area contributed by atoms with E-state index in [-0.39, 0.29) is 24.8 Å². The maximum atomic E-state index is 11.7. The third-order valence-electron chi connectivity index (χ3n) is 3.35. The molecule has 1 heterocycles. The maximum absolute atomic E-state index is 11.7. The van der Waals surface area contributed by atoms with Crippen LogP contribution in [0.25, 0.3) is 0 Å². The number of carbonyl (C=O) groups excluding carboxylic acids is 3. The van der Waals surface area contributed by atoms with E-state index in [0.717, 1.165) is 11.5 Å². The molecule has 1 aromatic carbocycles. The van der Waals surface area contributed by atoms with E-state index < -0.39 is 11.8 Å². The Morgan fingerprint density at radius 2 is 1.67 bits per heavy atom. The molecule has 1 aromatic heterocycles.